The SMILES string of the molecule is O=C(NCc1ccc(F)cc1)N1C2CCC1CC(=CC1CC1)C2. The fourth-order valence-electron chi connectivity index (χ4n) is 3.99. The van der Waals surface area contributed by atoms with Gasteiger partial charge in [-0.15, -0.1) is 0 Å². The summed E-state index contributed by atoms with van der Waals surface area (Å²) in [6.07, 6.45) is 9.52. The number of allylic oxidation sites excluding steroid dienone is 1. The van der Waals surface area contributed by atoms with E-state index in [2.05, 4.69) is 16.3 Å². The minimum atomic E-state index is -0.246. The van der Waals surface area contributed by atoms with Crippen molar-refractivity contribution in [2.45, 2.75) is 57.2 Å². The van der Waals surface area contributed by atoms with Crippen LogP contribution in [0.25, 0.3) is 0 Å². The van der Waals surface area contributed by atoms with E-state index in [0.717, 1.165) is 37.2 Å². The predicted octanol–water partition coefficient (Wildman–Crippen LogP) is 4.00. The van der Waals surface area contributed by atoms with Gasteiger partial charge in [-0.05, 0) is 62.1 Å². The number of rotatable bonds is 3. The van der Waals surface area contributed by atoms with Gasteiger partial charge in [0.1, 0.15) is 5.82 Å². The van der Waals surface area contributed by atoms with Crippen molar-refractivity contribution in [3.8, 4) is 0 Å². The second-order valence-corrected chi connectivity index (χ2v) is 7.15. The number of hydrogen-bond acceptors (Lipinski definition) is 1. The molecule has 0 spiro atoms. The number of halogens is 1. The zero-order valence-corrected chi connectivity index (χ0v) is 13.3. The first kappa shape index (κ1) is 14.7. The Labute approximate surface area is 136 Å². The van der Waals surface area contributed by atoms with Gasteiger partial charge in [0.25, 0.3) is 0 Å². The molecule has 3 fully saturated rings. The van der Waals surface area contributed by atoms with Crippen LogP contribution in [-0.4, -0.2) is 23.0 Å². The van der Waals surface area contributed by atoms with Crippen LogP contribution in [0.2, 0.25) is 0 Å². The average molecular weight is 314 g/mol. The second-order valence-electron chi connectivity index (χ2n) is 7.15. The molecular weight excluding hydrogens is 291 g/mol. The molecule has 4 rings (SSSR count). The van der Waals surface area contributed by atoms with Gasteiger partial charge in [0.15, 0.2) is 0 Å². The minimum absolute atomic E-state index is 0.0345. The van der Waals surface area contributed by atoms with Crippen LogP contribution in [0.5, 0.6) is 0 Å². The average Bonchev–Trinajstić information content (AvgIpc) is 3.31. The Balaban J connectivity index is 1.36. The van der Waals surface area contributed by atoms with E-state index >= 15 is 0 Å². The Morgan fingerprint density at radius 3 is 2.39 bits per heavy atom. The summed E-state index contributed by atoms with van der Waals surface area (Å²) in [6, 6.07) is 7.07. The highest BCUT2D eigenvalue weighted by molar-refractivity contribution is 5.75. The van der Waals surface area contributed by atoms with Crippen molar-refractivity contribution in [3.05, 3.63) is 47.3 Å². The fraction of sp³-hybridized carbons (Fsp3) is 0.526. The zero-order valence-electron chi connectivity index (χ0n) is 13.3. The smallest absolute Gasteiger partial charge is 0.318 e. The molecule has 4 heteroatoms. The Hall–Kier alpha value is -1.84. The number of nitrogens with zero attached hydrogens (tertiary/aromatic N) is 1. The van der Waals surface area contributed by atoms with Gasteiger partial charge in [0, 0.05) is 18.6 Å². The first-order chi connectivity index (χ1) is 11.2. The summed E-state index contributed by atoms with van der Waals surface area (Å²) >= 11 is 0. The number of carbonyl (C=O) groups excluding carboxylic acids is 1. The first-order valence-electron chi connectivity index (χ1n) is 8.69. The summed E-state index contributed by atoms with van der Waals surface area (Å²) in [5.74, 6) is 0.576. The monoisotopic (exact) mass is 314 g/mol. The van der Waals surface area contributed by atoms with Crippen LogP contribution >= 0.6 is 0 Å². The molecule has 1 saturated carbocycles. The molecule has 3 nitrogen and oxygen atoms in total. The summed E-state index contributed by atoms with van der Waals surface area (Å²) < 4.78 is 12.9. The number of urea groups is 1. The van der Waals surface area contributed by atoms with E-state index in [9.17, 15) is 9.18 Å². The van der Waals surface area contributed by atoms with E-state index < -0.39 is 0 Å². The molecule has 1 aromatic carbocycles. The Morgan fingerprint density at radius 1 is 1.13 bits per heavy atom. The summed E-state index contributed by atoms with van der Waals surface area (Å²) in [5.41, 5.74) is 2.50. The molecule has 2 heterocycles. The van der Waals surface area contributed by atoms with Crippen molar-refractivity contribution < 1.29 is 9.18 Å². The Kier molecular flexibility index (Phi) is 3.83. The van der Waals surface area contributed by atoms with Gasteiger partial charge >= 0.3 is 6.03 Å². The maximum atomic E-state index is 12.9. The molecule has 1 aromatic rings. The molecule has 23 heavy (non-hydrogen) atoms. The largest absolute Gasteiger partial charge is 0.334 e. The van der Waals surface area contributed by atoms with Crippen LogP contribution in [0.1, 0.15) is 44.1 Å². The van der Waals surface area contributed by atoms with Crippen LogP contribution in [0, 0.1) is 11.7 Å². The van der Waals surface area contributed by atoms with E-state index in [1.807, 2.05) is 0 Å². The third-order valence-corrected chi connectivity index (χ3v) is 5.30. The maximum Gasteiger partial charge on any atom is 0.318 e. The van der Waals surface area contributed by atoms with Crippen LogP contribution in [0.4, 0.5) is 9.18 Å². The molecule has 1 aliphatic carbocycles. The number of fused-ring (bicyclic) bond motifs is 2. The molecule has 0 radical (unpaired) electrons. The summed E-state index contributed by atoms with van der Waals surface area (Å²) in [6.45, 7) is 0.458. The normalized spacial score (nSPS) is 26.3. The topological polar surface area (TPSA) is 32.3 Å². The molecular formula is C19H23FN2O. The number of hydrogen-bond donors (Lipinski definition) is 1. The van der Waals surface area contributed by atoms with E-state index in [1.54, 1.807) is 17.7 Å². The van der Waals surface area contributed by atoms with Gasteiger partial charge in [-0.3, -0.25) is 0 Å². The van der Waals surface area contributed by atoms with E-state index in [0.29, 0.717) is 18.6 Å². The van der Waals surface area contributed by atoms with E-state index in [-0.39, 0.29) is 11.8 Å². The zero-order chi connectivity index (χ0) is 15.8. The van der Waals surface area contributed by atoms with Crippen molar-refractivity contribution >= 4 is 6.03 Å². The highest BCUT2D eigenvalue weighted by atomic mass is 19.1. The van der Waals surface area contributed by atoms with Gasteiger partial charge in [0.2, 0.25) is 0 Å². The lowest BCUT2D eigenvalue weighted by Crippen LogP contribution is -2.49. The van der Waals surface area contributed by atoms with Crippen LogP contribution in [0.3, 0.4) is 0 Å². The third-order valence-electron chi connectivity index (χ3n) is 5.30. The second kappa shape index (κ2) is 5.99. The standard InChI is InChI=1S/C19H23FN2O/c20-16-5-3-14(4-6-16)12-21-19(23)22-17-7-8-18(22)11-15(10-17)9-13-1-2-13/h3-6,9,13,17-18H,1-2,7-8,10-12H2,(H,21,23). The predicted molar refractivity (Wildman–Crippen MR) is 87.3 cm³/mol. The van der Waals surface area contributed by atoms with Crippen molar-refractivity contribution in [2.24, 2.45) is 5.92 Å². The van der Waals surface area contributed by atoms with Crippen molar-refractivity contribution in [1.82, 2.24) is 10.2 Å². The minimum Gasteiger partial charge on any atom is -0.334 e. The lowest BCUT2D eigenvalue weighted by Gasteiger charge is -2.36. The maximum absolute atomic E-state index is 12.9. The van der Waals surface area contributed by atoms with Gasteiger partial charge in [-0.1, -0.05) is 23.8 Å². The van der Waals surface area contributed by atoms with Crippen LogP contribution < -0.4 is 5.32 Å². The lowest BCUT2D eigenvalue weighted by atomic mass is 9.96. The number of piperidine rings is 1. The quantitative estimate of drug-likeness (QED) is 0.840. The van der Waals surface area contributed by atoms with Gasteiger partial charge in [0.05, 0.1) is 0 Å². The molecule has 2 saturated heterocycles. The number of nitrogens with one attached hydrogen (secondary N) is 1. The molecule has 1 N–H and O–H groups in total. The summed E-state index contributed by atoms with van der Waals surface area (Å²) in [7, 11) is 0. The lowest BCUT2D eigenvalue weighted by molar-refractivity contribution is 0.160. The number of benzene rings is 1. The van der Waals surface area contributed by atoms with Gasteiger partial charge in [-0.2, -0.15) is 0 Å². The van der Waals surface area contributed by atoms with E-state index in [4.69, 9.17) is 0 Å². The molecule has 2 unspecified atom stereocenters. The molecule has 2 aliphatic heterocycles. The van der Waals surface area contributed by atoms with Crippen molar-refractivity contribution in [1.29, 1.82) is 0 Å². The fourth-order valence-corrected chi connectivity index (χ4v) is 3.99. The van der Waals surface area contributed by atoms with Crippen LogP contribution in [-0.2, 0) is 6.54 Å². The summed E-state index contributed by atoms with van der Waals surface area (Å²) in [4.78, 5) is 14.6. The van der Waals surface area contributed by atoms with Crippen molar-refractivity contribution in [3.63, 3.8) is 0 Å². The number of carbonyl (C=O) groups is 1. The van der Waals surface area contributed by atoms with Crippen LogP contribution in [0.15, 0.2) is 35.9 Å². The third kappa shape index (κ3) is 3.26. The molecule has 3 aliphatic rings. The highest BCUT2D eigenvalue weighted by Crippen LogP contribution is 2.41. The highest BCUT2D eigenvalue weighted by Gasteiger charge is 2.41. The molecule has 0 aromatic heterocycles. The van der Waals surface area contributed by atoms with Gasteiger partial charge in [-0.25, -0.2) is 9.18 Å². The Bertz CT molecular complexity index is 605. The molecule has 2 bridgehead atoms. The molecule has 122 valence electrons. The summed E-state index contributed by atoms with van der Waals surface area (Å²) in [5, 5.41) is 3.00. The van der Waals surface area contributed by atoms with Crippen molar-refractivity contribution in [2.75, 3.05) is 0 Å². The molecule has 2 atom stereocenters. The molecule has 2 amide bonds. The van der Waals surface area contributed by atoms with Gasteiger partial charge < -0.3 is 10.2 Å². The number of amides is 2. The first-order valence-corrected chi connectivity index (χ1v) is 8.69. The Morgan fingerprint density at radius 2 is 1.78 bits per heavy atom. The van der Waals surface area contributed by atoms with E-state index in [1.165, 1.54) is 25.0 Å².